The number of aromatic nitrogens is 3. The van der Waals surface area contributed by atoms with Crippen molar-refractivity contribution in [2.75, 3.05) is 7.11 Å². The average Bonchev–Trinajstić information content (AvgIpc) is 3.26. The number of ether oxygens (including phenoxy) is 1. The number of fused-ring (bicyclic) bond motifs is 1. The molecule has 0 N–H and O–H groups in total. The van der Waals surface area contributed by atoms with E-state index >= 15 is 0 Å². The highest BCUT2D eigenvalue weighted by Gasteiger charge is 2.11. The molecular formula is C17H13N3O3S. The third-order valence-corrected chi connectivity index (χ3v) is 4.21. The van der Waals surface area contributed by atoms with Gasteiger partial charge in [0.25, 0.3) is 5.22 Å². The van der Waals surface area contributed by atoms with Crippen LogP contribution in [0.4, 0.5) is 0 Å². The van der Waals surface area contributed by atoms with Gasteiger partial charge in [-0.15, -0.1) is 10.2 Å². The predicted molar refractivity (Wildman–Crippen MR) is 89.9 cm³/mol. The lowest BCUT2D eigenvalue weighted by Gasteiger charge is -1.99. The Hall–Kier alpha value is -2.80. The molecule has 24 heavy (non-hydrogen) atoms. The van der Waals surface area contributed by atoms with Crippen LogP contribution in [0.25, 0.3) is 22.6 Å². The van der Waals surface area contributed by atoms with Crippen LogP contribution in [0.3, 0.4) is 0 Å². The number of nitrogens with zero attached hydrogens (tertiary/aromatic N) is 3. The molecule has 0 unspecified atom stereocenters. The lowest BCUT2D eigenvalue weighted by Crippen LogP contribution is -1.82. The summed E-state index contributed by atoms with van der Waals surface area (Å²) >= 11 is 1.42. The first kappa shape index (κ1) is 14.8. The molecule has 0 aliphatic rings. The molecule has 2 heterocycles. The van der Waals surface area contributed by atoms with Gasteiger partial charge in [-0.3, -0.25) is 0 Å². The largest absolute Gasteiger partial charge is 0.497 e. The molecule has 0 atom stereocenters. The Kier molecular flexibility index (Phi) is 3.92. The van der Waals surface area contributed by atoms with Crippen LogP contribution in [0.2, 0.25) is 0 Å². The molecule has 0 aliphatic heterocycles. The fraction of sp³-hybridized carbons (Fsp3) is 0.118. The molecule has 0 saturated heterocycles. The van der Waals surface area contributed by atoms with E-state index in [1.807, 2.05) is 48.5 Å². The molecule has 0 bridgehead atoms. The normalized spacial score (nSPS) is 11.0. The first-order chi connectivity index (χ1) is 11.8. The van der Waals surface area contributed by atoms with Gasteiger partial charge >= 0.3 is 0 Å². The zero-order chi connectivity index (χ0) is 16.4. The van der Waals surface area contributed by atoms with Crippen molar-refractivity contribution in [2.24, 2.45) is 0 Å². The minimum atomic E-state index is 0.478. The summed E-state index contributed by atoms with van der Waals surface area (Å²) in [5, 5.41) is 8.72. The smallest absolute Gasteiger partial charge is 0.257 e. The summed E-state index contributed by atoms with van der Waals surface area (Å²) in [7, 11) is 1.63. The Morgan fingerprint density at radius 1 is 1.00 bits per heavy atom. The first-order valence-electron chi connectivity index (χ1n) is 7.27. The van der Waals surface area contributed by atoms with Crippen LogP contribution >= 0.6 is 11.8 Å². The van der Waals surface area contributed by atoms with E-state index in [0.29, 0.717) is 22.8 Å². The zero-order valence-electron chi connectivity index (χ0n) is 12.8. The summed E-state index contributed by atoms with van der Waals surface area (Å²) < 4.78 is 16.5. The van der Waals surface area contributed by atoms with Gasteiger partial charge in [-0.1, -0.05) is 23.9 Å². The van der Waals surface area contributed by atoms with Crippen molar-refractivity contribution in [3.8, 4) is 17.2 Å². The van der Waals surface area contributed by atoms with Crippen LogP contribution < -0.4 is 4.74 Å². The maximum atomic E-state index is 5.69. The summed E-state index contributed by atoms with van der Waals surface area (Å²) in [5.41, 5.74) is 2.45. The van der Waals surface area contributed by atoms with Gasteiger partial charge in [0.1, 0.15) is 11.3 Å². The van der Waals surface area contributed by atoms with E-state index in [2.05, 4.69) is 15.2 Å². The third kappa shape index (κ3) is 2.98. The summed E-state index contributed by atoms with van der Waals surface area (Å²) in [6.07, 6.45) is 0. The SMILES string of the molecule is COc1ccc(-c2nnc(CSc3nc4ccccc4o3)o2)cc1. The molecule has 2 aromatic heterocycles. The number of hydrogen-bond donors (Lipinski definition) is 0. The highest BCUT2D eigenvalue weighted by molar-refractivity contribution is 7.98. The van der Waals surface area contributed by atoms with Gasteiger partial charge in [0.05, 0.1) is 12.9 Å². The number of oxazole rings is 1. The van der Waals surface area contributed by atoms with Crippen LogP contribution in [-0.2, 0) is 5.75 Å². The van der Waals surface area contributed by atoms with Crippen LogP contribution in [0.1, 0.15) is 5.89 Å². The Morgan fingerprint density at radius 3 is 2.62 bits per heavy atom. The number of para-hydroxylation sites is 2. The van der Waals surface area contributed by atoms with Crippen molar-refractivity contribution < 1.29 is 13.6 Å². The third-order valence-electron chi connectivity index (χ3n) is 3.40. The van der Waals surface area contributed by atoms with Crippen molar-refractivity contribution in [3.63, 3.8) is 0 Å². The van der Waals surface area contributed by atoms with Gasteiger partial charge in [0.15, 0.2) is 5.58 Å². The first-order valence-corrected chi connectivity index (χ1v) is 8.25. The molecule has 0 radical (unpaired) electrons. The van der Waals surface area contributed by atoms with E-state index < -0.39 is 0 Å². The van der Waals surface area contributed by atoms with E-state index in [1.54, 1.807) is 7.11 Å². The number of hydrogen-bond acceptors (Lipinski definition) is 7. The molecule has 7 heteroatoms. The second-order valence-electron chi connectivity index (χ2n) is 4.97. The predicted octanol–water partition coefficient (Wildman–Crippen LogP) is 4.18. The lowest BCUT2D eigenvalue weighted by atomic mass is 10.2. The van der Waals surface area contributed by atoms with Crippen molar-refractivity contribution in [2.45, 2.75) is 11.0 Å². The molecule has 4 rings (SSSR count). The number of rotatable bonds is 5. The molecule has 0 spiro atoms. The standard InChI is InChI=1S/C17H13N3O3S/c1-21-12-8-6-11(7-9-12)16-20-19-15(23-16)10-24-17-18-13-4-2-3-5-14(13)22-17/h2-9H,10H2,1H3. The van der Waals surface area contributed by atoms with Crippen molar-refractivity contribution in [3.05, 3.63) is 54.4 Å². The molecule has 6 nitrogen and oxygen atoms in total. The Bertz CT molecular complexity index is 930. The monoisotopic (exact) mass is 339 g/mol. The van der Waals surface area contributed by atoms with Crippen molar-refractivity contribution in [1.82, 2.24) is 15.2 Å². The van der Waals surface area contributed by atoms with Crippen LogP contribution in [-0.4, -0.2) is 22.3 Å². The molecule has 2 aromatic carbocycles. The van der Waals surface area contributed by atoms with E-state index in [9.17, 15) is 0 Å². The fourth-order valence-electron chi connectivity index (χ4n) is 2.20. The average molecular weight is 339 g/mol. The maximum Gasteiger partial charge on any atom is 0.257 e. The van der Waals surface area contributed by atoms with Gasteiger partial charge in [0.2, 0.25) is 11.8 Å². The molecule has 0 amide bonds. The van der Waals surface area contributed by atoms with Gasteiger partial charge in [0, 0.05) is 5.56 Å². The van der Waals surface area contributed by atoms with E-state index in [1.165, 1.54) is 11.8 Å². The Balaban J connectivity index is 1.46. The Labute approximate surface area is 141 Å². The maximum absolute atomic E-state index is 5.69. The molecule has 0 saturated carbocycles. The van der Waals surface area contributed by atoms with E-state index in [4.69, 9.17) is 13.6 Å². The van der Waals surface area contributed by atoms with Gasteiger partial charge in [-0.2, -0.15) is 0 Å². The van der Waals surface area contributed by atoms with E-state index in [0.717, 1.165) is 22.4 Å². The van der Waals surface area contributed by atoms with Gasteiger partial charge in [-0.25, -0.2) is 4.98 Å². The lowest BCUT2D eigenvalue weighted by molar-refractivity contribution is 0.415. The number of thioether (sulfide) groups is 1. The molecule has 120 valence electrons. The molecule has 0 aliphatic carbocycles. The molecule has 0 fully saturated rings. The van der Waals surface area contributed by atoms with Crippen molar-refractivity contribution in [1.29, 1.82) is 0 Å². The number of methoxy groups -OCH3 is 1. The summed E-state index contributed by atoms with van der Waals surface area (Å²) in [6, 6.07) is 15.1. The highest BCUT2D eigenvalue weighted by Crippen LogP contribution is 2.27. The molecular weight excluding hydrogens is 326 g/mol. The van der Waals surface area contributed by atoms with Crippen LogP contribution in [0.15, 0.2) is 62.6 Å². The second kappa shape index (κ2) is 6.37. The highest BCUT2D eigenvalue weighted by atomic mass is 32.2. The van der Waals surface area contributed by atoms with Crippen LogP contribution in [0.5, 0.6) is 5.75 Å². The van der Waals surface area contributed by atoms with E-state index in [-0.39, 0.29) is 0 Å². The van der Waals surface area contributed by atoms with Crippen LogP contribution in [0, 0.1) is 0 Å². The second-order valence-corrected chi connectivity index (χ2v) is 5.89. The fourth-order valence-corrected chi connectivity index (χ4v) is 2.87. The van der Waals surface area contributed by atoms with Gasteiger partial charge in [-0.05, 0) is 36.4 Å². The minimum Gasteiger partial charge on any atom is -0.497 e. The minimum absolute atomic E-state index is 0.478. The zero-order valence-corrected chi connectivity index (χ0v) is 13.6. The molecule has 4 aromatic rings. The number of benzene rings is 2. The summed E-state index contributed by atoms with van der Waals surface area (Å²) in [5.74, 6) is 2.28. The Morgan fingerprint density at radius 2 is 1.83 bits per heavy atom. The quantitative estimate of drug-likeness (QED) is 0.505. The summed E-state index contributed by atoms with van der Waals surface area (Å²) in [4.78, 5) is 4.40. The van der Waals surface area contributed by atoms with Crippen molar-refractivity contribution >= 4 is 22.9 Å². The van der Waals surface area contributed by atoms with Gasteiger partial charge < -0.3 is 13.6 Å². The topological polar surface area (TPSA) is 74.2 Å². The summed E-state index contributed by atoms with van der Waals surface area (Å²) in [6.45, 7) is 0.